The minimum Gasteiger partial charge on any atom is -0.484 e. The van der Waals surface area contributed by atoms with Gasteiger partial charge in [-0.3, -0.25) is 30.6 Å². The van der Waals surface area contributed by atoms with Gasteiger partial charge in [0.05, 0.1) is 4.92 Å². The maximum absolute atomic E-state index is 11.8. The molecule has 0 aromatic heterocycles. The van der Waals surface area contributed by atoms with Crippen molar-refractivity contribution in [1.82, 2.24) is 10.9 Å². The van der Waals surface area contributed by atoms with Gasteiger partial charge in [0.2, 0.25) is 0 Å². The molecule has 0 aliphatic rings. The van der Waals surface area contributed by atoms with Crippen LogP contribution in [0.15, 0.2) is 48.5 Å². The van der Waals surface area contributed by atoms with Gasteiger partial charge < -0.3 is 4.74 Å². The fraction of sp³-hybridized carbons (Fsp3) is 0.0667. The Balaban J connectivity index is 1.79. The molecule has 0 unspecified atom stereocenters. The molecule has 2 aromatic rings. The van der Waals surface area contributed by atoms with Crippen molar-refractivity contribution in [2.45, 2.75) is 0 Å². The summed E-state index contributed by atoms with van der Waals surface area (Å²) in [7, 11) is 0. The van der Waals surface area contributed by atoms with E-state index >= 15 is 0 Å². The topological polar surface area (TPSA) is 111 Å². The van der Waals surface area contributed by atoms with E-state index in [9.17, 15) is 19.7 Å². The fourth-order valence-corrected chi connectivity index (χ4v) is 2.01. The third-order valence-electron chi connectivity index (χ3n) is 2.84. The van der Waals surface area contributed by atoms with Crippen molar-refractivity contribution in [3.8, 4) is 5.75 Å². The normalized spacial score (nSPS) is 9.88. The van der Waals surface area contributed by atoms with E-state index in [0.717, 1.165) is 3.57 Å². The first-order valence-electron chi connectivity index (χ1n) is 6.68. The fourth-order valence-electron chi connectivity index (χ4n) is 1.65. The van der Waals surface area contributed by atoms with Crippen molar-refractivity contribution in [3.63, 3.8) is 0 Å². The van der Waals surface area contributed by atoms with E-state index in [1.165, 1.54) is 24.3 Å². The molecule has 0 atom stereocenters. The SMILES string of the molecule is O=C(COc1ccc(I)cc1)NNC(=O)c1ccc([N+](=O)[O-])cc1. The summed E-state index contributed by atoms with van der Waals surface area (Å²) in [5.74, 6) is -0.594. The summed E-state index contributed by atoms with van der Waals surface area (Å²) in [5.41, 5.74) is 4.46. The van der Waals surface area contributed by atoms with Gasteiger partial charge in [0.1, 0.15) is 5.75 Å². The second kappa shape index (κ2) is 8.24. The number of rotatable bonds is 5. The zero-order chi connectivity index (χ0) is 17.5. The van der Waals surface area contributed by atoms with Crippen LogP contribution in [0.4, 0.5) is 5.69 Å². The number of non-ortho nitro benzene ring substituents is 1. The van der Waals surface area contributed by atoms with Crippen LogP contribution in [0.2, 0.25) is 0 Å². The third kappa shape index (κ3) is 5.19. The molecule has 0 aliphatic heterocycles. The minimum atomic E-state index is -0.590. The quantitative estimate of drug-likeness (QED) is 0.419. The maximum Gasteiger partial charge on any atom is 0.276 e. The molecule has 9 heteroatoms. The summed E-state index contributed by atoms with van der Waals surface area (Å²) in [6, 6.07) is 12.1. The predicted octanol–water partition coefficient (Wildman–Crippen LogP) is 2.04. The lowest BCUT2D eigenvalue weighted by atomic mass is 10.2. The largest absolute Gasteiger partial charge is 0.484 e. The van der Waals surface area contributed by atoms with Gasteiger partial charge in [-0.25, -0.2) is 0 Å². The molecule has 0 aliphatic carbocycles. The molecule has 8 nitrogen and oxygen atoms in total. The highest BCUT2D eigenvalue weighted by atomic mass is 127. The van der Waals surface area contributed by atoms with Crippen LogP contribution in [0.5, 0.6) is 5.75 Å². The van der Waals surface area contributed by atoms with Crippen molar-refractivity contribution < 1.29 is 19.2 Å². The van der Waals surface area contributed by atoms with Gasteiger partial charge in [-0.1, -0.05) is 0 Å². The van der Waals surface area contributed by atoms with Crippen molar-refractivity contribution in [3.05, 3.63) is 67.8 Å². The monoisotopic (exact) mass is 441 g/mol. The summed E-state index contributed by atoms with van der Waals surface area (Å²) in [4.78, 5) is 33.4. The number of hydrazine groups is 1. The van der Waals surface area contributed by atoms with E-state index in [4.69, 9.17) is 4.74 Å². The Morgan fingerprint density at radius 2 is 1.67 bits per heavy atom. The number of halogens is 1. The molecule has 2 rings (SSSR count). The highest BCUT2D eigenvalue weighted by Crippen LogP contribution is 2.13. The number of hydrogen-bond acceptors (Lipinski definition) is 5. The number of nitrogens with zero attached hydrogens (tertiary/aromatic N) is 1. The summed E-state index contributed by atoms with van der Waals surface area (Å²) >= 11 is 2.15. The van der Waals surface area contributed by atoms with Crippen molar-refractivity contribution in [1.29, 1.82) is 0 Å². The van der Waals surface area contributed by atoms with E-state index in [-0.39, 0.29) is 17.9 Å². The molecule has 2 N–H and O–H groups in total. The average Bonchev–Trinajstić information content (AvgIpc) is 2.59. The summed E-state index contributed by atoms with van der Waals surface area (Å²) in [6.45, 7) is -0.263. The first-order valence-corrected chi connectivity index (χ1v) is 7.75. The predicted molar refractivity (Wildman–Crippen MR) is 93.4 cm³/mol. The van der Waals surface area contributed by atoms with E-state index in [0.29, 0.717) is 5.75 Å². The molecule has 124 valence electrons. The zero-order valence-corrected chi connectivity index (χ0v) is 14.3. The van der Waals surface area contributed by atoms with Gasteiger partial charge in [0, 0.05) is 21.3 Å². The number of ether oxygens (including phenoxy) is 1. The van der Waals surface area contributed by atoms with Crippen LogP contribution in [0, 0.1) is 13.7 Å². The first-order chi connectivity index (χ1) is 11.5. The Labute approximate surface area is 150 Å². The number of nitrogens with one attached hydrogen (secondary N) is 2. The molecule has 0 saturated carbocycles. The van der Waals surface area contributed by atoms with E-state index in [2.05, 4.69) is 33.4 Å². The molecule has 2 aromatic carbocycles. The summed E-state index contributed by atoms with van der Waals surface area (Å²) in [6.07, 6.45) is 0. The summed E-state index contributed by atoms with van der Waals surface area (Å²) < 4.78 is 6.30. The van der Waals surface area contributed by atoms with Crippen LogP contribution in [0.25, 0.3) is 0 Å². The Morgan fingerprint density at radius 1 is 1.04 bits per heavy atom. The van der Waals surface area contributed by atoms with Crippen LogP contribution in [0.3, 0.4) is 0 Å². The highest BCUT2D eigenvalue weighted by molar-refractivity contribution is 14.1. The number of carbonyl (C=O) groups is 2. The lowest BCUT2D eigenvalue weighted by Gasteiger charge is -2.09. The van der Waals surface area contributed by atoms with E-state index in [1.54, 1.807) is 12.1 Å². The lowest BCUT2D eigenvalue weighted by Crippen LogP contribution is -2.43. The number of benzene rings is 2. The van der Waals surface area contributed by atoms with Gasteiger partial charge in [0.25, 0.3) is 17.5 Å². The highest BCUT2D eigenvalue weighted by Gasteiger charge is 2.10. The first kappa shape index (κ1) is 17.7. The molecule has 0 bridgehead atoms. The molecule has 0 saturated heterocycles. The zero-order valence-electron chi connectivity index (χ0n) is 12.2. The molecule has 2 amide bonds. The Kier molecular flexibility index (Phi) is 6.07. The van der Waals surface area contributed by atoms with Crippen LogP contribution in [-0.2, 0) is 4.79 Å². The molecule has 24 heavy (non-hydrogen) atoms. The Bertz CT molecular complexity index is 747. The Morgan fingerprint density at radius 3 is 2.25 bits per heavy atom. The van der Waals surface area contributed by atoms with E-state index in [1.807, 2.05) is 12.1 Å². The van der Waals surface area contributed by atoms with Crippen LogP contribution in [0.1, 0.15) is 10.4 Å². The van der Waals surface area contributed by atoms with Crippen LogP contribution >= 0.6 is 22.6 Å². The molecule has 0 fully saturated rings. The van der Waals surface area contributed by atoms with Crippen molar-refractivity contribution >= 4 is 40.1 Å². The number of nitro groups is 1. The molecule has 0 heterocycles. The Hall–Kier alpha value is -2.69. The maximum atomic E-state index is 11.8. The molecular weight excluding hydrogens is 429 g/mol. The van der Waals surface area contributed by atoms with Gasteiger partial charge in [-0.15, -0.1) is 0 Å². The van der Waals surface area contributed by atoms with Gasteiger partial charge in [0.15, 0.2) is 6.61 Å². The van der Waals surface area contributed by atoms with Gasteiger partial charge >= 0.3 is 0 Å². The third-order valence-corrected chi connectivity index (χ3v) is 3.56. The van der Waals surface area contributed by atoms with Crippen molar-refractivity contribution in [2.24, 2.45) is 0 Å². The molecule has 0 spiro atoms. The standard InChI is InChI=1S/C15H12IN3O5/c16-11-3-7-13(8-4-11)24-9-14(20)17-18-15(21)10-1-5-12(6-2-10)19(22)23/h1-8H,9H2,(H,17,20)(H,18,21). The second-order valence-electron chi connectivity index (χ2n) is 4.55. The van der Waals surface area contributed by atoms with Crippen LogP contribution in [-0.4, -0.2) is 23.3 Å². The number of amides is 2. The second-order valence-corrected chi connectivity index (χ2v) is 5.79. The number of hydrogen-bond donors (Lipinski definition) is 2. The van der Waals surface area contributed by atoms with Crippen molar-refractivity contribution in [2.75, 3.05) is 6.61 Å². The molecular formula is C15H12IN3O5. The lowest BCUT2D eigenvalue weighted by molar-refractivity contribution is -0.384. The number of nitro benzene ring substituents is 1. The number of carbonyl (C=O) groups excluding carboxylic acids is 2. The van der Waals surface area contributed by atoms with Gasteiger partial charge in [-0.2, -0.15) is 0 Å². The smallest absolute Gasteiger partial charge is 0.276 e. The van der Waals surface area contributed by atoms with Crippen LogP contribution < -0.4 is 15.6 Å². The summed E-state index contributed by atoms with van der Waals surface area (Å²) in [5, 5.41) is 10.5. The molecule has 0 radical (unpaired) electrons. The average molecular weight is 441 g/mol. The van der Waals surface area contributed by atoms with Gasteiger partial charge in [-0.05, 0) is 59.0 Å². The minimum absolute atomic E-state index is 0.124. The van der Waals surface area contributed by atoms with E-state index < -0.39 is 16.7 Å².